The maximum atomic E-state index is 13.3. The molecule has 8 nitrogen and oxygen atoms in total. The summed E-state index contributed by atoms with van der Waals surface area (Å²) < 4.78 is 2.09. The van der Waals surface area contributed by atoms with Crippen molar-refractivity contribution in [2.45, 2.75) is 18.9 Å². The standard InChI is InChI=1S/C24H26N6O2/c1-17-7-4-8-18(26-17)23(32)28-14-11-24(16-28)20-10-6-13-29(20)22-19(9-5-12-25-22)30(24)15-21(31)27(2)3/h4-10,12-13H,11,14-16H2,1-3H3. The fraction of sp³-hybridized carbons (Fsp3) is 0.333. The number of carbonyl (C=O) groups is 2. The molecule has 1 unspecified atom stereocenters. The van der Waals surface area contributed by atoms with Crippen molar-refractivity contribution in [1.29, 1.82) is 0 Å². The summed E-state index contributed by atoms with van der Waals surface area (Å²) in [6, 6.07) is 13.5. The van der Waals surface area contributed by atoms with E-state index in [4.69, 9.17) is 0 Å². The van der Waals surface area contributed by atoms with Crippen LogP contribution in [0, 0.1) is 6.92 Å². The molecule has 5 rings (SSSR count). The van der Waals surface area contributed by atoms with Crippen LogP contribution in [0.3, 0.4) is 0 Å². The number of aromatic nitrogens is 3. The quantitative estimate of drug-likeness (QED) is 0.637. The van der Waals surface area contributed by atoms with Crippen LogP contribution in [0.2, 0.25) is 0 Å². The van der Waals surface area contributed by atoms with Crippen molar-refractivity contribution in [2.24, 2.45) is 0 Å². The van der Waals surface area contributed by atoms with Crippen molar-refractivity contribution in [3.05, 3.63) is 71.9 Å². The van der Waals surface area contributed by atoms with E-state index in [1.165, 1.54) is 0 Å². The van der Waals surface area contributed by atoms with Gasteiger partial charge < -0.3 is 19.3 Å². The lowest BCUT2D eigenvalue weighted by atomic mass is 9.88. The summed E-state index contributed by atoms with van der Waals surface area (Å²) in [5.74, 6) is 0.721. The minimum atomic E-state index is -0.523. The van der Waals surface area contributed by atoms with Gasteiger partial charge in [0.1, 0.15) is 11.2 Å². The first kappa shape index (κ1) is 20.2. The summed E-state index contributed by atoms with van der Waals surface area (Å²) in [7, 11) is 3.53. The number of pyridine rings is 2. The smallest absolute Gasteiger partial charge is 0.272 e. The minimum absolute atomic E-state index is 0.00399. The number of likely N-dealkylation sites (N-methyl/N-ethyl adjacent to an activating group) is 1. The van der Waals surface area contributed by atoms with Gasteiger partial charge in [0.05, 0.1) is 17.9 Å². The second-order valence-electron chi connectivity index (χ2n) is 8.66. The Morgan fingerprint density at radius 3 is 2.75 bits per heavy atom. The lowest BCUT2D eigenvalue weighted by molar-refractivity contribution is -0.127. The zero-order chi connectivity index (χ0) is 22.5. The minimum Gasteiger partial charge on any atom is -0.347 e. The molecule has 0 aromatic carbocycles. The Morgan fingerprint density at radius 2 is 1.97 bits per heavy atom. The number of rotatable bonds is 3. The summed E-state index contributed by atoms with van der Waals surface area (Å²) >= 11 is 0. The number of anilines is 1. The Balaban J connectivity index is 1.58. The molecule has 0 aliphatic carbocycles. The van der Waals surface area contributed by atoms with Gasteiger partial charge in [-0.1, -0.05) is 6.07 Å². The Kier molecular flexibility index (Phi) is 4.73. The normalized spacial score (nSPS) is 19.1. The van der Waals surface area contributed by atoms with Crippen molar-refractivity contribution in [3.8, 4) is 5.82 Å². The van der Waals surface area contributed by atoms with Gasteiger partial charge in [-0.2, -0.15) is 0 Å². The summed E-state index contributed by atoms with van der Waals surface area (Å²) in [6.45, 7) is 3.15. The molecule has 2 amide bonds. The molecule has 0 N–H and O–H groups in total. The number of hydrogen-bond donors (Lipinski definition) is 0. The number of hydrogen-bond acceptors (Lipinski definition) is 5. The fourth-order valence-corrected chi connectivity index (χ4v) is 4.83. The Morgan fingerprint density at radius 1 is 1.12 bits per heavy atom. The molecule has 1 atom stereocenters. The molecule has 1 fully saturated rings. The predicted molar refractivity (Wildman–Crippen MR) is 121 cm³/mol. The maximum Gasteiger partial charge on any atom is 0.272 e. The first-order valence-corrected chi connectivity index (χ1v) is 10.7. The Bertz CT molecular complexity index is 1200. The molecule has 32 heavy (non-hydrogen) atoms. The highest BCUT2D eigenvalue weighted by atomic mass is 16.2. The predicted octanol–water partition coefficient (Wildman–Crippen LogP) is 2.23. The van der Waals surface area contributed by atoms with E-state index < -0.39 is 5.54 Å². The number of aryl methyl sites for hydroxylation is 1. The van der Waals surface area contributed by atoms with Crippen LogP contribution in [0.4, 0.5) is 5.69 Å². The van der Waals surface area contributed by atoms with E-state index in [2.05, 4.69) is 25.5 Å². The van der Waals surface area contributed by atoms with E-state index in [1.807, 2.05) is 48.4 Å². The molecule has 5 heterocycles. The van der Waals surface area contributed by atoms with Gasteiger partial charge in [-0.15, -0.1) is 0 Å². The molecule has 164 valence electrons. The van der Waals surface area contributed by atoms with Gasteiger partial charge in [0.25, 0.3) is 5.91 Å². The van der Waals surface area contributed by atoms with Crippen molar-refractivity contribution >= 4 is 17.5 Å². The van der Waals surface area contributed by atoms with Gasteiger partial charge in [-0.05, 0) is 49.7 Å². The maximum absolute atomic E-state index is 13.3. The highest BCUT2D eigenvalue weighted by Gasteiger charge is 2.51. The van der Waals surface area contributed by atoms with Gasteiger partial charge in [0.2, 0.25) is 5.91 Å². The van der Waals surface area contributed by atoms with Crippen LogP contribution in [0.25, 0.3) is 5.82 Å². The molecule has 0 saturated carbocycles. The van der Waals surface area contributed by atoms with Gasteiger partial charge in [0, 0.05) is 45.3 Å². The average Bonchev–Trinajstić information content (AvgIpc) is 3.45. The Hall–Kier alpha value is -3.68. The SMILES string of the molecule is Cc1cccc(C(=O)N2CCC3(C2)c2cccn2-c2ncccc2N3CC(=O)N(C)C)n1. The first-order chi connectivity index (χ1) is 15.4. The van der Waals surface area contributed by atoms with Gasteiger partial charge in [-0.25, -0.2) is 9.97 Å². The molecule has 2 aliphatic rings. The second-order valence-corrected chi connectivity index (χ2v) is 8.66. The van der Waals surface area contributed by atoms with Crippen LogP contribution in [0.1, 0.15) is 28.3 Å². The van der Waals surface area contributed by atoms with Gasteiger partial charge >= 0.3 is 0 Å². The highest BCUT2D eigenvalue weighted by molar-refractivity contribution is 5.93. The summed E-state index contributed by atoms with van der Waals surface area (Å²) in [5, 5.41) is 0. The highest BCUT2D eigenvalue weighted by Crippen LogP contribution is 2.47. The van der Waals surface area contributed by atoms with Gasteiger partial charge in [0.15, 0.2) is 5.82 Å². The zero-order valence-corrected chi connectivity index (χ0v) is 18.5. The molecule has 2 aliphatic heterocycles. The molecule has 0 radical (unpaired) electrons. The third-order valence-electron chi connectivity index (χ3n) is 6.46. The molecule has 8 heteroatoms. The second kappa shape index (κ2) is 7.47. The lowest BCUT2D eigenvalue weighted by Crippen LogP contribution is -2.55. The van der Waals surface area contributed by atoms with Crippen LogP contribution >= 0.6 is 0 Å². The van der Waals surface area contributed by atoms with Crippen molar-refractivity contribution in [3.63, 3.8) is 0 Å². The van der Waals surface area contributed by atoms with E-state index in [1.54, 1.807) is 31.3 Å². The van der Waals surface area contributed by atoms with Crippen LogP contribution in [-0.4, -0.2) is 69.9 Å². The van der Waals surface area contributed by atoms with Crippen LogP contribution < -0.4 is 4.90 Å². The molecule has 1 spiro atoms. The molecular weight excluding hydrogens is 404 g/mol. The topological polar surface area (TPSA) is 74.6 Å². The number of fused-ring (bicyclic) bond motifs is 4. The molecule has 3 aromatic rings. The number of amides is 2. The molecule has 1 saturated heterocycles. The van der Waals surface area contributed by atoms with E-state index >= 15 is 0 Å². The summed E-state index contributed by atoms with van der Waals surface area (Å²) in [4.78, 5) is 40.8. The van der Waals surface area contributed by atoms with E-state index in [9.17, 15) is 9.59 Å². The monoisotopic (exact) mass is 430 g/mol. The lowest BCUT2D eigenvalue weighted by Gasteiger charge is -2.46. The number of carbonyl (C=O) groups excluding carboxylic acids is 2. The van der Waals surface area contributed by atoms with Crippen molar-refractivity contribution in [2.75, 3.05) is 38.6 Å². The molecular formula is C24H26N6O2. The van der Waals surface area contributed by atoms with E-state index in [-0.39, 0.29) is 18.4 Å². The number of likely N-dealkylation sites (tertiary alicyclic amines) is 1. The van der Waals surface area contributed by atoms with Crippen LogP contribution in [-0.2, 0) is 10.3 Å². The Labute approximate surface area is 187 Å². The summed E-state index contributed by atoms with van der Waals surface area (Å²) in [5.41, 5.74) is 2.68. The third-order valence-corrected chi connectivity index (χ3v) is 6.46. The van der Waals surface area contributed by atoms with Crippen molar-refractivity contribution in [1.82, 2.24) is 24.3 Å². The summed E-state index contributed by atoms with van der Waals surface area (Å²) in [6.07, 6.45) is 4.48. The average molecular weight is 431 g/mol. The van der Waals surface area contributed by atoms with Crippen LogP contribution in [0.5, 0.6) is 0 Å². The van der Waals surface area contributed by atoms with E-state index in [0.29, 0.717) is 25.2 Å². The zero-order valence-electron chi connectivity index (χ0n) is 18.5. The largest absolute Gasteiger partial charge is 0.347 e. The first-order valence-electron chi connectivity index (χ1n) is 10.7. The molecule has 0 bridgehead atoms. The van der Waals surface area contributed by atoms with E-state index in [0.717, 1.165) is 22.9 Å². The number of nitrogens with zero attached hydrogens (tertiary/aromatic N) is 6. The van der Waals surface area contributed by atoms with Crippen LogP contribution in [0.15, 0.2) is 54.9 Å². The molecule has 3 aromatic heterocycles. The third kappa shape index (κ3) is 3.05. The van der Waals surface area contributed by atoms with Crippen molar-refractivity contribution < 1.29 is 9.59 Å². The van der Waals surface area contributed by atoms with Gasteiger partial charge in [-0.3, -0.25) is 9.59 Å². The fourth-order valence-electron chi connectivity index (χ4n) is 4.83.